The molecule has 0 unspecified atom stereocenters. The Bertz CT molecular complexity index is 623. The molecule has 1 N–H and O–H groups in total. The summed E-state index contributed by atoms with van der Waals surface area (Å²) in [4.78, 5) is 20.8. The van der Waals surface area contributed by atoms with Crippen molar-refractivity contribution < 1.29 is 4.79 Å². The van der Waals surface area contributed by atoms with E-state index in [9.17, 15) is 4.79 Å². The molecule has 21 heavy (non-hydrogen) atoms. The van der Waals surface area contributed by atoms with Gasteiger partial charge in [-0.25, -0.2) is 9.97 Å². The number of aryl methyl sites for hydroxylation is 3. The maximum Gasteiger partial charge on any atom is 0.221 e. The van der Waals surface area contributed by atoms with Gasteiger partial charge in [-0.3, -0.25) is 4.79 Å². The molecule has 0 aliphatic rings. The number of carbonyl (C=O) groups excluding carboxylic acids is 1. The zero-order chi connectivity index (χ0) is 15.2. The summed E-state index contributed by atoms with van der Waals surface area (Å²) in [5.74, 6) is 1.46. The quantitative estimate of drug-likeness (QED) is 0.799. The fourth-order valence-corrected chi connectivity index (χ4v) is 2.43. The molecule has 114 valence electrons. The van der Waals surface area contributed by atoms with Crippen LogP contribution in [-0.2, 0) is 17.8 Å². The zero-order valence-corrected chi connectivity index (χ0v) is 13.3. The van der Waals surface area contributed by atoms with Crippen molar-refractivity contribution in [2.24, 2.45) is 0 Å². The summed E-state index contributed by atoms with van der Waals surface area (Å²) in [7, 11) is 0. The van der Waals surface area contributed by atoms with Crippen LogP contribution in [0.25, 0.3) is 11.2 Å². The van der Waals surface area contributed by atoms with Crippen LogP contribution >= 0.6 is 11.6 Å². The molecule has 0 aromatic carbocycles. The van der Waals surface area contributed by atoms with E-state index >= 15 is 0 Å². The lowest BCUT2D eigenvalue weighted by molar-refractivity contribution is -0.121. The van der Waals surface area contributed by atoms with E-state index in [4.69, 9.17) is 11.6 Å². The number of nitrogens with zero attached hydrogens (tertiary/aromatic N) is 3. The Labute approximate surface area is 129 Å². The highest BCUT2D eigenvalue weighted by Crippen LogP contribution is 2.18. The number of rotatable bonds is 7. The number of halogens is 1. The van der Waals surface area contributed by atoms with Crippen molar-refractivity contribution in [3.63, 3.8) is 0 Å². The maximum absolute atomic E-state index is 11.8. The van der Waals surface area contributed by atoms with E-state index in [-0.39, 0.29) is 5.91 Å². The molecule has 0 aliphatic carbocycles. The molecule has 1 amide bonds. The molecule has 0 radical (unpaired) electrons. The lowest BCUT2D eigenvalue weighted by atomic mass is 10.3. The van der Waals surface area contributed by atoms with Crippen molar-refractivity contribution in [1.29, 1.82) is 0 Å². The van der Waals surface area contributed by atoms with Crippen LogP contribution in [0.4, 0.5) is 0 Å². The zero-order valence-electron chi connectivity index (χ0n) is 12.5. The predicted octanol–water partition coefficient (Wildman–Crippen LogP) is 2.44. The van der Waals surface area contributed by atoms with Crippen molar-refractivity contribution in [1.82, 2.24) is 19.9 Å². The number of pyridine rings is 1. The van der Waals surface area contributed by atoms with Crippen molar-refractivity contribution in [3.8, 4) is 0 Å². The number of fused-ring (bicyclic) bond motifs is 1. The standard InChI is InChI=1S/C15H21ClN4O/c1-3-8-17-13(21)6-10-20-12(4-7-16)19-14-11(2)5-9-18-15(14)20/h5,9H,3-4,6-8,10H2,1-2H3,(H,17,21). The van der Waals surface area contributed by atoms with E-state index in [1.165, 1.54) is 0 Å². The van der Waals surface area contributed by atoms with Crippen molar-refractivity contribution >= 4 is 28.7 Å². The number of nitrogens with one attached hydrogen (secondary N) is 1. The van der Waals surface area contributed by atoms with Gasteiger partial charge in [0.25, 0.3) is 0 Å². The normalized spacial score (nSPS) is 11.0. The molecule has 2 aromatic heterocycles. The number of imidazole rings is 1. The molecule has 2 aromatic rings. The van der Waals surface area contributed by atoms with Gasteiger partial charge in [0.1, 0.15) is 11.3 Å². The van der Waals surface area contributed by atoms with Crippen LogP contribution in [0.2, 0.25) is 0 Å². The molecular weight excluding hydrogens is 288 g/mol. The molecule has 0 saturated heterocycles. The molecule has 0 aliphatic heterocycles. The highest BCUT2D eigenvalue weighted by atomic mass is 35.5. The first-order valence-electron chi connectivity index (χ1n) is 7.30. The van der Waals surface area contributed by atoms with Gasteiger partial charge < -0.3 is 9.88 Å². The summed E-state index contributed by atoms with van der Waals surface area (Å²) >= 11 is 5.85. The SMILES string of the molecule is CCCNC(=O)CCn1c(CCCl)nc2c(C)ccnc21. The molecular formula is C15H21ClN4O. The minimum atomic E-state index is 0.0585. The number of alkyl halides is 1. The Morgan fingerprint density at radius 1 is 1.48 bits per heavy atom. The van der Waals surface area contributed by atoms with Gasteiger partial charge in [0.2, 0.25) is 5.91 Å². The van der Waals surface area contributed by atoms with E-state index < -0.39 is 0 Å². The summed E-state index contributed by atoms with van der Waals surface area (Å²) in [6, 6.07) is 1.94. The van der Waals surface area contributed by atoms with Gasteiger partial charge in [-0.2, -0.15) is 0 Å². The average Bonchev–Trinajstić information content (AvgIpc) is 2.82. The number of amides is 1. The first kappa shape index (κ1) is 15.8. The Balaban J connectivity index is 2.22. The van der Waals surface area contributed by atoms with E-state index in [0.717, 1.165) is 35.5 Å². The first-order valence-corrected chi connectivity index (χ1v) is 7.84. The van der Waals surface area contributed by atoms with Crippen LogP contribution < -0.4 is 5.32 Å². The van der Waals surface area contributed by atoms with Crippen molar-refractivity contribution in [3.05, 3.63) is 23.7 Å². The van der Waals surface area contributed by atoms with Gasteiger partial charge in [-0.05, 0) is 25.0 Å². The monoisotopic (exact) mass is 308 g/mol. The van der Waals surface area contributed by atoms with E-state index in [1.54, 1.807) is 6.20 Å². The molecule has 0 fully saturated rings. The van der Waals surface area contributed by atoms with Crippen LogP contribution in [0.5, 0.6) is 0 Å². The number of hydrogen-bond acceptors (Lipinski definition) is 3. The lowest BCUT2D eigenvalue weighted by Crippen LogP contribution is -2.25. The van der Waals surface area contributed by atoms with Gasteiger partial charge in [0, 0.05) is 38.0 Å². The second-order valence-corrected chi connectivity index (χ2v) is 5.40. The molecule has 0 saturated carbocycles. The fraction of sp³-hybridized carbons (Fsp3) is 0.533. The van der Waals surface area contributed by atoms with Gasteiger partial charge >= 0.3 is 0 Å². The second kappa shape index (κ2) is 7.41. The second-order valence-electron chi connectivity index (χ2n) is 5.02. The van der Waals surface area contributed by atoms with E-state index in [1.807, 2.05) is 24.5 Å². The minimum absolute atomic E-state index is 0.0585. The molecule has 0 spiro atoms. The first-order chi connectivity index (χ1) is 10.2. The number of carbonyl (C=O) groups is 1. The third-order valence-corrected chi connectivity index (χ3v) is 3.56. The smallest absolute Gasteiger partial charge is 0.221 e. The average molecular weight is 309 g/mol. The van der Waals surface area contributed by atoms with Gasteiger partial charge in [-0.15, -0.1) is 11.6 Å². The maximum atomic E-state index is 11.8. The van der Waals surface area contributed by atoms with E-state index in [2.05, 4.69) is 15.3 Å². The van der Waals surface area contributed by atoms with Crippen molar-refractivity contribution in [2.45, 2.75) is 39.7 Å². The van der Waals surface area contributed by atoms with Gasteiger partial charge in [0.15, 0.2) is 5.65 Å². The molecule has 0 bridgehead atoms. The van der Waals surface area contributed by atoms with Crippen LogP contribution in [0.15, 0.2) is 12.3 Å². The Morgan fingerprint density at radius 2 is 2.29 bits per heavy atom. The third-order valence-electron chi connectivity index (χ3n) is 3.37. The molecule has 5 nitrogen and oxygen atoms in total. The molecule has 2 rings (SSSR count). The summed E-state index contributed by atoms with van der Waals surface area (Å²) in [5.41, 5.74) is 2.81. The largest absolute Gasteiger partial charge is 0.356 e. The van der Waals surface area contributed by atoms with Crippen molar-refractivity contribution in [2.75, 3.05) is 12.4 Å². The number of hydrogen-bond donors (Lipinski definition) is 1. The summed E-state index contributed by atoms with van der Waals surface area (Å²) < 4.78 is 2.01. The van der Waals surface area contributed by atoms with Gasteiger partial charge in [0.05, 0.1) is 0 Å². The Morgan fingerprint density at radius 3 is 3.00 bits per heavy atom. The lowest BCUT2D eigenvalue weighted by Gasteiger charge is -2.08. The summed E-state index contributed by atoms with van der Waals surface area (Å²) in [5, 5.41) is 2.89. The van der Waals surface area contributed by atoms with Crippen LogP contribution in [0, 0.1) is 6.92 Å². The Kier molecular flexibility index (Phi) is 5.56. The molecule has 2 heterocycles. The third kappa shape index (κ3) is 3.73. The number of aromatic nitrogens is 3. The van der Waals surface area contributed by atoms with Crippen LogP contribution in [-0.4, -0.2) is 32.9 Å². The summed E-state index contributed by atoms with van der Waals surface area (Å²) in [6.45, 7) is 5.35. The Hall–Kier alpha value is -1.62. The van der Waals surface area contributed by atoms with Crippen LogP contribution in [0.1, 0.15) is 31.2 Å². The minimum Gasteiger partial charge on any atom is -0.356 e. The summed E-state index contributed by atoms with van der Waals surface area (Å²) in [6.07, 6.45) is 3.82. The van der Waals surface area contributed by atoms with E-state index in [0.29, 0.717) is 25.3 Å². The highest BCUT2D eigenvalue weighted by Gasteiger charge is 2.14. The van der Waals surface area contributed by atoms with Gasteiger partial charge in [-0.1, -0.05) is 6.92 Å². The molecule has 0 atom stereocenters. The predicted molar refractivity (Wildman–Crippen MR) is 84.6 cm³/mol. The topological polar surface area (TPSA) is 59.8 Å². The van der Waals surface area contributed by atoms with Crippen LogP contribution in [0.3, 0.4) is 0 Å². The highest BCUT2D eigenvalue weighted by molar-refractivity contribution is 6.17. The molecule has 6 heteroatoms. The fourth-order valence-electron chi connectivity index (χ4n) is 2.26.